The SMILES string of the molecule is CCc1ncc(S(=O)(=O)NCC2(N)CCC2)[nH]1. The van der Waals surface area contributed by atoms with Crippen LogP contribution in [-0.2, 0) is 16.4 Å². The topological polar surface area (TPSA) is 101 Å². The van der Waals surface area contributed by atoms with Crippen molar-refractivity contribution in [2.24, 2.45) is 5.73 Å². The Bertz CT molecular complexity index is 490. The lowest BCUT2D eigenvalue weighted by Gasteiger charge is -2.37. The van der Waals surface area contributed by atoms with Crippen molar-refractivity contribution < 1.29 is 8.42 Å². The Balaban J connectivity index is 2.03. The maximum absolute atomic E-state index is 11.9. The van der Waals surface area contributed by atoms with E-state index >= 15 is 0 Å². The predicted molar refractivity (Wildman–Crippen MR) is 63.9 cm³/mol. The minimum Gasteiger partial charge on any atom is -0.332 e. The normalized spacial score (nSPS) is 18.9. The summed E-state index contributed by atoms with van der Waals surface area (Å²) in [5, 5.41) is 0.109. The lowest BCUT2D eigenvalue weighted by atomic mass is 9.78. The second-order valence-corrected chi connectivity index (χ2v) is 6.32. The van der Waals surface area contributed by atoms with Crippen molar-refractivity contribution in [3.63, 3.8) is 0 Å². The van der Waals surface area contributed by atoms with E-state index in [1.807, 2.05) is 6.92 Å². The Morgan fingerprint density at radius 2 is 2.29 bits per heavy atom. The van der Waals surface area contributed by atoms with Crippen LogP contribution in [0.2, 0.25) is 0 Å². The standard InChI is InChI=1S/C10H18N4O2S/c1-2-8-12-6-9(14-8)17(15,16)13-7-10(11)4-3-5-10/h6,13H,2-5,7,11H2,1H3,(H,12,14). The summed E-state index contributed by atoms with van der Waals surface area (Å²) in [5.41, 5.74) is 5.61. The van der Waals surface area contributed by atoms with Gasteiger partial charge in [-0.1, -0.05) is 6.92 Å². The van der Waals surface area contributed by atoms with Crippen LogP contribution in [0.25, 0.3) is 0 Å². The highest BCUT2D eigenvalue weighted by Crippen LogP contribution is 2.28. The van der Waals surface area contributed by atoms with Crippen molar-refractivity contribution in [3.8, 4) is 0 Å². The largest absolute Gasteiger partial charge is 0.332 e. The average Bonchev–Trinajstić information content (AvgIpc) is 2.73. The maximum atomic E-state index is 11.9. The Hall–Kier alpha value is -0.920. The van der Waals surface area contributed by atoms with Crippen LogP contribution in [0.15, 0.2) is 11.2 Å². The van der Waals surface area contributed by atoms with Crippen molar-refractivity contribution in [3.05, 3.63) is 12.0 Å². The molecule has 1 aromatic heterocycles. The molecule has 4 N–H and O–H groups in total. The van der Waals surface area contributed by atoms with E-state index < -0.39 is 10.0 Å². The second kappa shape index (κ2) is 4.40. The van der Waals surface area contributed by atoms with Crippen molar-refractivity contribution in [1.82, 2.24) is 14.7 Å². The van der Waals surface area contributed by atoms with Crippen LogP contribution in [-0.4, -0.2) is 30.5 Å². The number of aryl methyl sites for hydroxylation is 1. The van der Waals surface area contributed by atoms with Crippen molar-refractivity contribution in [2.75, 3.05) is 6.54 Å². The lowest BCUT2D eigenvalue weighted by molar-refractivity contribution is 0.251. The van der Waals surface area contributed by atoms with E-state index in [1.165, 1.54) is 6.20 Å². The number of hydrogen-bond donors (Lipinski definition) is 3. The van der Waals surface area contributed by atoms with Crippen LogP contribution in [0, 0.1) is 0 Å². The number of aromatic nitrogens is 2. The summed E-state index contributed by atoms with van der Waals surface area (Å²) in [5.74, 6) is 0.663. The molecule has 2 rings (SSSR count). The Morgan fingerprint density at radius 3 is 2.76 bits per heavy atom. The molecule has 1 fully saturated rings. The molecule has 17 heavy (non-hydrogen) atoms. The van der Waals surface area contributed by atoms with Gasteiger partial charge in [-0.25, -0.2) is 18.1 Å². The van der Waals surface area contributed by atoms with Crippen LogP contribution < -0.4 is 10.5 Å². The smallest absolute Gasteiger partial charge is 0.257 e. The fourth-order valence-electron chi connectivity index (χ4n) is 1.78. The first-order chi connectivity index (χ1) is 7.95. The molecule has 0 aliphatic heterocycles. The fraction of sp³-hybridized carbons (Fsp3) is 0.700. The highest BCUT2D eigenvalue weighted by atomic mass is 32.2. The molecule has 0 radical (unpaired) electrons. The Labute approximate surface area is 101 Å². The van der Waals surface area contributed by atoms with Crippen LogP contribution in [0.5, 0.6) is 0 Å². The first-order valence-corrected chi connectivity index (χ1v) is 7.26. The first kappa shape index (κ1) is 12.5. The summed E-state index contributed by atoms with van der Waals surface area (Å²) in [4.78, 5) is 6.75. The molecule has 0 unspecified atom stereocenters. The van der Waals surface area contributed by atoms with Crippen molar-refractivity contribution in [2.45, 2.75) is 43.2 Å². The van der Waals surface area contributed by atoms with Gasteiger partial charge in [0.2, 0.25) is 0 Å². The van der Waals surface area contributed by atoms with E-state index in [0.29, 0.717) is 12.2 Å². The number of nitrogens with zero attached hydrogens (tertiary/aromatic N) is 1. The first-order valence-electron chi connectivity index (χ1n) is 5.78. The van der Waals surface area contributed by atoms with Gasteiger partial charge in [0, 0.05) is 18.5 Å². The second-order valence-electron chi connectivity index (χ2n) is 4.59. The summed E-state index contributed by atoms with van der Waals surface area (Å²) in [7, 11) is -3.51. The van der Waals surface area contributed by atoms with Gasteiger partial charge in [0.1, 0.15) is 5.82 Å². The molecule has 1 aliphatic carbocycles. The maximum Gasteiger partial charge on any atom is 0.257 e. The predicted octanol–water partition coefficient (Wildman–Crippen LogP) is 0.132. The minimum absolute atomic E-state index is 0.109. The van der Waals surface area contributed by atoms with Gasteiger partial charge >= 0.3 is 0 Å². The molecular formula is C10H18N4O2S. The molecule has 1 aliphatic rings. The van der Waals surface area contributed by atoms with Gasteiger partial charge in [0.05, 0.1) is 6.20 Å². The van der Waals surface area contributed by atoms with Gasteiger partial charge in [-0.2, -0.15) is 0 Å². The van der Waals surface area contributed by atoms with Gasteiger partial charge in [-0.15, -0.1) is 0 Å². The number of hydrogen-bond acceptors (Lipinski definition) is 4. The van der Waals surface area contributed by atoms with Crippen LogP contribution in [0.3, 0.4) is 0 Å². The van der Waals surface area contributed by atoms with Gasteiger partial charge in [0.25, 0.3) is 10.0 Å². The molecule has 0 atom stereocenters. The zero-order chi connectivity index (χ0) is 12.5. The third-order valence-electron chi connectivity index (χ3n) is 3.19. The van der Waals surface area contributed by atoms with E-state index in [4.69, 9.17) is 5.73 Å². The van der Waals surface area contributed by atoms with Gasteiger partial charge in [-0.3, -0.25) is 0 Å². The van der Waals surface area contributed by atoms with Gasteiger partial charge in [0.15, 0.2) is 5.03 Å². The molecule has 0 spiro atoms. The van der Waals surface area contributed by atoms with E-state index in [-0.39, 0.29) is 17.1 Å². The summed E-state index contributed by atoms with van der Waals surface area (Å²) < 4.78 is 26.4. The summed E-state index contributed by atoms with van der Waals surface area (Å²) >= 11 is 0. The minimum atomic E-state index is -3.51. The monoisotopic (exact) mass is 258 g/mol. The highest BCUT2D eigenvalue weighted by Gasteiger charge is 2.34. The van der Waals surface area contributed by atoms with E-state index in [2.05, 4.69) is 14.7 Å². The van der Waals surface area contributed by atoms with E-state index in [0.717, 1.165) is 19.3 Å². The number of nitrogens with one attached hydrogen (secondary N) is 2. The molecule has 0 aromatic carbocycles. The molecule has 7 heteroatoms. The summed E-state index contributed by atoms with van der Waals surface area (Å²) in [6, 6.07) is 0. The van der Waals surface area contributed by atoms with E-state index in [1.54, 1.807) is 0 Å². The third kappa shape index (κ3) is 2.67. The molecule has 6 nitrogen and oxygen atoms in total. The molecule has 0 saturated heterocycles. The van der Waals surface area contributed by atoms with Crippen molar-refractivity contribution >= 4 is 10.0 Å². The zero-order valence-corrected chi connectivity index (χ0v) is 10.7. The number of rotatable bonds is 5. The van der Waals surface area contributed by atoms with Crippen molar-refractivity contribution in [1.29, 1.82) is 0 Å². The number of H-pyrrole nitrogens is 1. The molecule has 0 amide bonds. The van der Waals surface area contributed by atoms with Crippen LogP contribution in [0.1, 0.15) is 32.0 Å². The molecule has 1 saturated carbocycles. The third-order valence-corrected chi connectivity index (χ3v) is 4.50. The van der Waals surface area contributed by atoms with Crippen LogP contribution >= 0.6 is 0 Å². The fourth-order valence-corrected chi connectivity index (χ4v) is 2.86. The lowest BCUT2D eigenvalue weighted by Crippen LogP contribution is -2.54. The summed E-state index contributed by atoms with van der Waals surface area (Å²) in [6.45, 7) is 2.20. The quantitative estimate of drug-likeness (QED) is 0.699. The molecular weight excluding hydrogens is 240 g/mol. The van der Waals surface area contributed by atoms with Gasteiger partial charge < -0.3 is 10.7 Å². The average molecular weight is 258 g/mol. The number of aromatic amines is 1. The number of sulfonamides is 1. The molecule has 0 bridgehead atoms. The van der Waals surface area contributed by atoms with E-state index in [9.17, 15) is 8.42 Å². The van der Waals surface area contributed by atoms with Crippen LogP contribution in [0.4, 0.5) is 0 Å². The summed E-state index contributed by atoms with van der Waals surface area (Å²) in [6.07, 6.45) is 4.83. The Kier molecular flexibility index (Phi) is 3.24. The van der Waals surface area contributed by atoms with Gasteiger partial charge in [-0.05, 0) is 19.3 Å². The Morgan fingerprint density at radius 1 is 1.59 bits per heavy atom. The molecule has 1 heterocycles. The zero-order valence-electron chi connectivity index (χ0n) is 9.86. The number of imidazole rings is 1. The molecule has 96 valence electrons. The number of nitrogens with two attached hydrogens (primary N) is 1. The molecule has 1 aromatic rings. The highest BCUT2D eigenvalue weighted by molar-refractivity contribution is 7.89.